The lowest BCUT2D eigenvalue weighted by Crippen LogP contribution is -1.79. The maximum Gasteiger partial charge on any atom is 0.0903 e. The van der Waals surface area contributed by atoms with Crippen molar-refractivity contribution >= 4 is 22.2 Å². The van der Waals surface area contributed by atoms with Gasteiger partial charge in [-0.15, -0.1) is 11.3 Å². The van der Waals surface area contributed by atoms with Gasteiger partial charge in [0.2, 0.25) is 0 Å². The molecule has 0 saturated carbocycles. The van der Waals surface area contributed by atoms with E-state index in [4.69, 9.17) is 0 Å². The molecular formula is C13H12N2S. The second-order valence-electron chi connectivity index (χ2n) is 3.89. The van der Waals surface area contributed by atoms with Gasteiger partial charge in [-0.25, -0.2) is 4.98 Å². The number of aromatic nitrogens is 2. The van der Waals surface area contributed by atoms with Crippen LogP contribution in [0.5, 0.6) is 0 Å². The van der Waals surface area contributed by atoms with Crippen LogP contribution in [0.1, 0.15) is 10.7 Å². The average Bonchev–Trinajstić information content (AvgIpc) is 2.84. The van der Waals surface area contributed by atoms with Gasteiger partial charge in [-0.05, 0) is 26.0 Å². The molecule has 16 heavy (non-hydrogen) atoms. The number of hydrogen-bond donors (Lipinski definition) is 1. The summed E-state index contributed by atoms with van der Waals surface area (Å²) in [5.41, 5.74) is 3.58. The van der Waals surface area contributed by atoms with Gasteiger partial charge in [0, 0.05) is 22.7 Å². The van der Waals surface area contributed by atoms with Gasteiger partial charge in [0.1, 0.15) is 0 Å². The van der Waals surface area contributed by atoms with E-state index in [0.29, 0.717) is 0 Å². The van der Waals surface area contributed by atoms with E-state index >= 15 is 0 Å². The molecule has 2 heterocycles. The van der Waals surface area contributed by atoms with E-state index in [1.165, 1.54) is 21.3 Å². The van der Waals surface area contributed by atoms with E-state index < -0.39 is 0 Å². The number of benzene rings is 1. The number of nitrogens with one attached hydrogen (secondary N) is 1. The summed E-state index contributed by atoms with van der Waals surface area (Å²) in [6.45, 7) is 4.13. The summed E-state index contributed by atoms with van der Waals surface area (Å²) in [6.07, 6.45) is 1.98. The van der Waals surface area contributed by atoms with Crippen molar-refractivity contribution in [1.29, 1.82) is 0 Å². The fourth-order valence-corrected chi connectivity index (χ4v) is 3.02. The molecular weight excluding hydrogens is 216 g/mol. The van der Waals surface area contributed by atoms with E-state index in [9.17, 15) is 0 Å². The van der Waals surface area contributed by atoms with Gasteiger partial charge in [0.25, 0.3) is 0 Å². The predicted octanol–water partition coefficient (Wildman–Crippen LogP) is 3.91. The molecule has 0 aliphatic rings. The van der Waals surface area contributed by atoms with Gasteiger partial charge in [-0.3, -0.25) is 0 Å². The van der Waals surface area contributed by atoms with Crippen LogP contribution in [0, 0.1) is 13.8 Å². The van der Waals surface area contributed by atoms with Crippen molar-refractivity contribution < 1.29 is 0 Å². The van der Waals surface area contributed by atoms with Crippen LogP contribution in [-0.4, -0.2) is 9.97 Å². The Kier molecular flexibility index (Phi) is 2.07. The number of rotatable bonds is 1. The summed E-state index contributed by atoms with van der Waals surface area (Å²) in [4.78, 5) is 9.01. The van der Waals surface area contributed by atoms with E-state index in [1.807, 2.05) is 6.20 Å². The summed E-state index contributed by atoms with van der Waals surface area (Å²) in [7, 11) is 0. The summed E-state index contributed by atoms with van der Waals surface area (Å²) in [5, 5.41) is 2.40. The molecule has 1 N–H and O–H groups in total. The van der Waals surface area contributed by atoms with Crippen LogP contribution < -0.4 is 0 Å². The minimum atomic E-state index is 1.12. The highest BCUT2D eigenvalue weighted by atomic mass is 32.1. The summed E-state index contributed by atoms with van der Waals surface area (Å²) < 4.78 is 0. The van der Waals surface area contributed by atoms with Crippen LogP contribution >= 0.6 is 11.3 Å². The molecule has 0 amide bonds. The minimum Gasteiger partial charge on any atom is -0.361 e. The van der Waals surface area contributed by atoms with E-state index in [2.05, 4.69) is 48.1 Å². The molecule has 0 unspecified atom stereocenters. The Morgan fingerprint density at radius 3 is 2.81 bits per heavy atom. The highest BCUT2D eigenvalue weighted by Gasteiger charge is 2.10. The van der Waals surface area contributed by atoms with Crippen LogP contribution in [0.2, 0.25) is 0 Å². The number of aromatic amines is 1. The van der Waals surface area contributed by atoms with Crippen molar-refractivity contribution in [3.05, 3.63) is 41.2 Å². The van der Waals surface area contributed by atoms with Crippen LogP contribution in [-0.2, 0) is 0 Å². The molecule has 3 aromatic rings. The van der Waals surface area contributed by atoms with Crippen molar-refractivity contribution in [2.75, 3.05) is 0 Å². The zero-order chi connectivity index (χ0) is 11.1. The van der Waals surface area contributed by atoms with Gasteiger partial charge in [-0.1, -0.05) is 12.1 Å². The first kappa shape index (κ1) is 9.60. The zero-order valence-corrected chi connectivity index (χ0v) is 10.1. The standard InChI is InChI=1S/C13H12N2S/c1-8-13(16-9(2)15-8)11-4-3-5-12-10(11)6-7-14-12/h3-7,14H,1-2H3. The van der Waals surface area contributed by atoms with Crippen LogP contribution in [0.25, 0.3) is 21.3 Å². The molecule has 0 spiro atoms. The Morgan fingerprint density at radius 2 is 2.06 bits per heavy atom. The number of fused-ring (bicyclic) bond motifs is 1. The monoisotopic (exact) mass is 228 g/mol. The Bertz CT molecular complexity index is 649. The van der Waals surface area contributed by atoms with Crippen molar-refractivity contribution in [3.63, 3.8) is 0 Å². The molecule has 3 heteroatoms. The van der Waals surface area contributed by atoms with Gasteiger partial charge >= 0.3 is 0 Å². The number of thiazole rings is 1. The van der Waals surface area contributed by atoms with Crippen LogP contribution in [0.4, 0.5) is 0 Å². The third kappa shape index (κ3) is 1.36. The second kappa shape index (κ2) is 3.46. The fourth-order valence-electron chi connectivity index (χ4n) is 2.06. The normalized spacial score (nSPS) is 11.1. The molecule has 0 radical (unpaired) electrons. The Hall–Kier alpha value is -1.61. The molecule has 3 rings (SSSR count). The molecule has 0 aliphatic carbocycles. The molecule has 80 valence electrons. The van der Waals surface area contributed by atoms with E-state index in [1.54, 1.807) is 11.3 Å². The molecule has 2 nitrogen and oxygen atoms in total. The smallest absolute Gasteiger partial charge is 0.0903 e. The van der Waals surface area contributed by atoms with Gasteiger partial charge in [0.15, 0.2) is 0 Å². The predicted molar refractivity (Wildman–Crippen MR) is 68.9 cm³/mol. The minimum absolute atomic E-state index is 1.12. The number of nitrogens with zero attached hydrogens (tertiary/aromatic N) is 1. The fraction of sp³-hybridized carbons (Fsp3) is 0.154. The van der Waals surface area contributed by atoms with Crippen LogP contribution in [0.3, 0.4) is 0 Å². The van der Waals surface area contributed by atoms with E-state index in [0.717, 1.165) is 10.7 Å². The summed E-state index contributed by atoms with van der Waals surface area (Å²) in [6, 6.07) is 8.47. The highest BCUT2D eigenvalue weighted by Crippen LogP contribution is 2.34. The number of H-pyrrole nitrogens is 1. The summed E-state index contributed by atoms with van der Waals surface area (Å²) in [5.74, 6) is 0. The number of aryl methyl sites for hydroxylation is 2. The third-order valence-electron chi connectivity index (χ3n) is 2.74. The van der Waals surface area contributed by atoms with Crippen molar-refractivity contribution in [3.8, 4) is 10.4 Å². The quantitative estimate of drug-likeness (QED) is 0.672. The lowest BCUT2D eigenvalue weighted by molar-refractivity contribution is 1.20. The molecule has 0 atom stereocenters. The Balaban J connectivity index is 2.33. The first-order chi connectivity index (χ1) is 7.75. The van der Waals surface area contributed by atoms with Gasteiger partial charge < -0.3 is 4.98 Å². The maximum absolute atomic E-state index is 4.49. The van der Waals surface area contributed by atoms with Crippen molar-refractivity contribution in [2.45, 2.75) is 13.8 Å². The largest absolute Gasteiger partial charge is 0.361 e. The molecule has 0 saturated heterocycles. The maximum atomic E-state index is 4.49. The molecule has 0 aliphatic heterocycles. The SMILES string of the molecule is Cc1nc(C)c(-c2cccc3[nH]ccc23)s1. The molecule has 0 fully saturated rings. The topological polar surface area (TPSA) is 28.7 Å². The van der Waals surface area contributed by atoms with Crippen molar-refractivity contribution in [2.24, 2.45) is 0 Å². The highest BCUT2D eigenvalue weighted by molar-refractivity contribution is 7.15. The Morgan fingerprint density at radius 1 is 1.19 bits per heavy atom. The average molecular weight is 228 g/mol. The molecule has 0 bridgehead atoms. The zero-order valence-electron chi connectivity index (χ0n) is 9.24. The molecule has 2 aromatic heterocycles. The van der Waals surface area contributed by atoms with Crippen LogP contribution in [0.15, 0.2) is 30.5 Å². The first-order valence-corrected chi connectivity index (χ1v) is 6.08. The van der Waals surface area contributed by atoms with Crippen molar-refractivity contribution in [1.82, 2.24) is 9.97 Å². The van der Waals surface area contributed by atoms with Gasteiger partial charge in [0.05, 0.1) is 15.6 Å². The van der Waals surface area contributed by atoms with E-state index in [-0.39, 0.29) is 0 Å². The number of hydrogen-bond acceptors (Lipinski definition) is 2. The second-order valence-corrected chi connectivity index (χ2v) is 5.10. The lowest BCUT2D eigenvalue weighted by Gasteiger charge is -2.00. The molecule has 1 aromatic carbocycles. The third-order valence-corrected chi connectivity index (χ3v) is 3.85. The lowest BCUT2D eigenvalue weighted by atomic mass is 10.1. The first-order valence-electron chi connectivity index (χ1n) is 5.26. The summed E-state index contributed by atoms with van der Waals surface area (Å²) >= 11 is 1.76. The Labute approximate surface area is 98.0 Å². The van der Waals surface area contributed by atoms with Gasteiger partial charge in [-0.2, -0.15) is 0 Å².